The van der Waals surface area contributed by atoms with E-state index in [1.807, 2.05) is 5.32 Å². The van der Waals surface area contributed by atoms with Crippen LogP contribution in [0.3, 0.4) is 0 Å². The van der Waals surface area contributed by atoms with Crippen LogP contribution in [0.25, 0.3) is 0 Å². The summed E-state index contributed by atoms with van der Waals surface area (Å²) in [6.45, 7) is -3.62. The van der Waals surface area contributed by atoms with Gasteiger partial charge in [0.2, 0.25) is 5.91 Å². The van der Waals surface area contributed by atoms with Gasteiger partial charge in [-0.3, -0.25) is 4.79 Å². The van der Waals surface area contributed by atoms with Crippen molar-refractivity contribution in [2.45, 2.75) is 6.61 Å². The van der Waals surface area contributed by atoms with E-state index >= 15 is 0 Å². The topological polar surface area (TPSA) is 47.6 Å². The first kappa shape index (κ1) is 14.2. The molecule has 1 rings (SSSR count). The zero-order valence-corrected chi connectivity index (χ0v) is 9.18. The molecule has 18 heavy (non-hydrogen) atoms. The summed E-state index contributed by atoms with van der Waals surface area (Å²) < 4.78 is 58.5. The number of hydrogen-bond donors (Lipinski definition) is 1. The number of carbonyl (C=O) groups excluding carboxylic acids is 1. The molecule has 0 fully saturated rings. The Kier molecular flexibility index (Phi) is 4.90. The molecule has 0 aliphatic carbocycles. The molecule has 1 aromatic carbocycles. The SMILES string of the molecule is COCC(=O)Nc1cc(F)c(OC(F)F)cc1F. The molecule has 0 saturated heterocycles. The number of methoxy groups -OCH3 is 1. The summed E-state index contributed by atoms with van der Waals surface area (Å²) in [5.41, 5.74) is -0.490. The van der Waals surface area contributed by atoms with Gasteiger partial charge in [0.05, 0.1) is 5.69 Å². The van der Waals surface area contributed by atoms with Crippen LogP contribution >= 0.6 is 0 Å². The van der Waals surface area contributed by atoms with Crippen LogP contribution in [-0.2, 0) is 9.53 Å². The molecule has 0 bridgehead atoms. The van der Waals surface area contributed by atoms with E-state index in [0.29, 0.717) is 12.1 Å². The van der Waals surface area contributed by atoms with Gasteiger partial charge in [-0.1, -0.05) is 0 Å². The van der Waals surface area contributed by atoms with Crippen molar-refractivity contribution in [3.05, 3.63) is 23.8 Å². The van der Waals surface area contributed by atoms with E-state index in [9.17, 15) is 22.4 Å². The molecule has 0 heterocycles. The van der Waals surface area contributed by atoms with Gasteiger partial charge < -0.3 is 14.8 Å². The van der Waals surface area contributed by atoms with Crippen LogP contribution in [0.4, 0.5) is 23.2 Å². The van der Waals surface area contributed by atoms with Crippen molar-refractivity contribution in [3.8, 4) is 5.75 Å². The number of alkyl halides is 2. The number of anilines is 1. The summed E-state index contributed by atoms with van der Waals surface area (Å²) >= 11 is 0. The Hall–Kier alpha value is -1.83. The van der Waals surface area contributed by atoms with Crippen LogP contribution in [0.2, 0.25) is 0 Å². The molecule has 0 atom stereocenters. The maximum atomic E-state index is 13.3. The second-order valence-corrected chi connectivity index (χ2v) is 3.12. The van der Waals surface area contributed by atoms with Gasteiger partial charge in [0.15, 0.2) is 17.4 Å². The lowest BCUT2D eigenvalue weighted by Crippen LogP contribution is -2.18. The number of halogens is 4. The Labute approximate surface area is 99.5 Å². The van der Waals surface area contributed by atoms with E-state index in [2.05, 4.69) is 9.47 Å². The van der Waals surface area contributed by atoms with Crippen molar-refractivity contribution >= 4 is 11.6 Å². The normalized spacial score (nSPS) is 10.6. The number of hydrogen-bond acceptors (Lipinski definition) is 3. The first-order chi connectivity index (χ1) is 8.43. The predicted molar refractivity (Wildman–Crippen MR) is 53.5 cm³/mol. The average molecular weight is 267 g/mol. The fraction of sp³-hybridized carbons (Fsp3) is 0.300. The lowest BCUT2D eigenvalue weighted by Gasteiger charge is -2.09. The van der Waals surface area contributed by atoms with Crippen molar-refractivity contribution < 1.29 is 31.8 Å². The quantitative estimate of drug-likeness (QED) is 0.831. The monoisotopic (exact) mass is 267 g/mol. The number of benzene rings is 1. The molecular weight excluding hydrogens is 258 g/mol. The average Bonchev–Trinajstić information content (AvgIpc) is 2.25. The third kappa shape index (κ3) is 3.88. The van der Waals surface area contributed by atoms with E-state index in [-0.39, 0.29) is 6.61 Å². The third-order valence-electron chi connectivity index (χ3n) is 1.79. The summed E-state index contributed by atoms with van der Waals surface area (Å²) in [5, 5.41) is 2.01. The molecule has 0 aliphatic rings. The molecular formula is C10H9F4NO3. The molecule has 100 valence electrons. The van der Waals surface area contributed by atoms with Crippen molar-refractivity contribution in [3.63, 3.8) is 0 Å². The molecule has 0 saturated carbocycles. The second-order valence-electron chi connectivity index (χ2n) is 3.12. The standard InChI is InChI=1S/C10H9F4NO3/c1-17-4-9(16)15-7-2-6(12)8(3-5(7)11)18-10(13)14/h2-3,10H,4H2,1H3,(H,15,16). The Bertz CT molecular complexity index is 439. The fourth-order valence-electron chi connectivity index (χ4n) is 1.13. The van der Waals surface area contributed by atoms with Crippen molar-refractivity contribution in [2.24, 2.45) is 0 Å². The zero-order chi connectivity index (χ0) is 13.7. The van der Waals surface area contributed by atoms with E-state index in [0.717, 1.165) is 0 Å². The Balaban J connectivity index is 2.89. The van der Waals surface area contributed by atoms with Crippen molar-refractivity contribution in [2.75, 3.05) is 19.0 Å². The predicted octanol–water partition coefficient (Wildman–Crippen LogP) is 2.15. The number of rotatable bonds is 5. The summed E-state index contributed by atoms with van der Waals surface area (Å²) in [6.07, 6.45) is 0. The lowest BCUT2D eigenvalue weighted by molar-refractivity contribution is -0.119. The van der Waals surface area contributed by atoms with E-state index in [1.54, 1.807) is 0 Å². The maximum absolute atomic E-state index is 13.3. The number of ether oxygens (including phenoxy) is 2. The Morgan fingerprint density at radius 3 is 2.56 bits per heavy atom. The highest BCUT2D eigenvalue weighted by molar-refractivity contribution is 5.91. The summed E-state index contributed by atoms with van der Waals surface area (Å²) in [5.74, 6) is -3.97. The highest BCUT2D eigenvalue weighted by Gasteiger charge is 2.15. The van der Waals surface area contributed by atoms with E-state index < -0.39 is 35.6 Å². The molecule has 0 aromatic heterocycles. The number of amides is 1. The van der Waals surface area contributed by atoms with Crippen LogP contribution in [-0.4, -0.2) is 26.2 Å². The van der Waals surface area contributed by atoms with Gasteiger partial charge in [0.1, 0.15) is 6.61 Å². The van der Waals surface area contributed by atoms with E-state index in [4.69, 9.17) is 0 Å². The van der Waals surface area contributed by atoms with Crippen LogP contribution in [0, 0.1) is 11.6 Å². The molecule has 0 unspecified atom stereocenters. The van der Waals surface area contributed by atoms with Crippen LogP contribution in [0.15, 0.2) is 12.1 Å². The van der Waals surface area contributed by atoms with E-state index in [1.165, 1.54) is 7.11 Å². The molecule has 1 amide bonds. The first-order valence-corrected chi connectivity index (χ1v) is 4.66. The third-order valence-corrected chi connectivity index (χ3v) is 1.79. The van der Waals surface area contributed by atoms with Crippen molar-refractivity contribution in [1.29, 1.82) is 0 Å². The van der Waals surface area contributed by atoms with Gasteiger partial charge in [0.25, 0.3) is 0 Å². The molecule has 1 N–H and O–H groups in total. The minimum Gasteiger partial charge on any atom is -0.432 e. The highest BCUT2D eigenvalue weighted by Crippen LogP contribution is 2.26. The first-order valence-electron chi connectivity index (χ1n) is 4.66. The smallest absolute Gasteiger partial charge is 0.387 e. The minimum absolute atomic E-state index is 0.351. The van der Waals surface area contributed by atoms with Gasteiger partial charge in [-0.15, -0.1) is 0 Å². The Morgan fingerprint density at radius 2 is 2.00 bits per heavy atom. The lowest BCUT2D eigenvalue weighted by atomic mass is 10.2. The summed E-state index contributed by atoms with van der Waals surface area (Å²) in [6, 6.07) is 0.963. The summed E-state index contributed by atoms with van der Waals surface area (Å²) in [4.78, 5) is 11.1. The molecule has 1 aromatic rings. The second kappa shape index (κ2) is 6.20. The molecule has 0 aliphatic heterocycles. The summed E-state index contributed by atoms with van der Waals surface area (Å²) in [7, 11) is 1.25. The fourth-order valence-corrected chi connectivity index (χ4v) is 1.13. The highest BCUT2D eigenvalue weighted by atomic mass is 19.3. The van der Waals surface area contributed by atoms with Gasteiger partial charge >= 0.3 is 6.61 Å². The van der Waals surface area contributed by atoms with Crippen LogP contribution < -0.4 is 10.1 Å². The largest absolute Gasteiger partial charge is 0.432 e. The van der Waals surface area contributed by atoms with Gasteiger partial charge in [-0.05, 0) is 0 Å². The molecule has 0 radical (unpaired) electrons. The number of nitrogens with one attached hydrogen (secondary N) is 1. The van der Waals surface area contributed by atoms with Gasteiger partial charge in [-0.2, -0.15) is 8.78 Å². The maximum Gasteiger partial charge on any atom is 0.387 e. The molecule has 8 heteroatoms. The van der Waals surface area contributed by atoms with Gasteiger partial charge in [0, 0.05) is 19.2 Å². The van der Waals surface area contributed by atoms with Gasteiger partial charge in [-0.25, -0.2) is 8.78 Å². The zero-order valence-electron chi connectivity index (χ0n) is 9.18. The number of carbonyl (C=O) groups is 1. The molecule has 0 spiro atoms. The van der Waals surface area contributed by atoms with Crippen molar-refractivity contribution in [1.82, 2.24) is 0 Å². The Morgan fingerprint density at radius 1 is 1.33 bits per heavy atom. The minimum atomic E-state index is -3.27. The molecule has 4 nitrogen and oxygen atoms in total. The van der Waals surface area contributed by atoms with Crippen LogP contribution in [0.1, 0.15) is 0 Å². The van der Waals surface area contributed by atoms with Crippen LogP contribution in [0.5, 0.6) is 5.75 Å².